The first-order chi connectivity index (χ1) is 19.4. The van der Waals surface area contributed by atoms with Gasteiger partial charge in [0.2, 0.25) is 0 Å². The van der Waals surface area contributed by atoms with Crippen molar-refractivity contribution in [3.63, 3.8) is 0 Å². The van der Waals surface area contributed by atoms with Crippen molar-refractivity contribution >= 4 is 0 Å². The molecule has 2 heteroatoms. The number of rotatable bonds is 0. The molecule has 39 heavy (non-hydrogen) atoms. The second kappa shape index (κ2) is 23.2. The van der Waals surface area contributed by atoms with E-state index in [2.05, 4.69) is 22.0 Å². The fraction of sp³-hybridized carbons (Fsp3) is 0.946. The molecular weight excluding hydrogens is 472 g/mol. The van der Waals surface area contributed by atoms with Gasteiger partial charge in [0.25, 0.3) is 0 Å². The lowest BCUT2D eigenvalue weighted by atomic mass is 9.92. The van der Waals surface area contributed by atoms with Crippen LogP contribution in [0.15, 0.2) is 12.2 Å². The van der Waals surface area contributed by atoms with Gasteiger partial charge in [-0.2, -0.15) is 0 Å². The molecular formula is C37H70N2. The quantitative estimate of drug-likeness (QED) is 0.281. The summed E-state index contributed by atoms with van der Waals surface area (Å²) in [6.45, 7) is 8.30. The van der Waals surface area contributed by atoms with E-state index in [9.17, 15) is 0 Å². The summed E-state index contributed by atoms with van der Waals surface area (Å²) >= 11 is 0. The predicted molar refractivity (Wildman–Crippen MR) is 174 cm³/mol. The van der Waals surface area contributed by atoms with Crippen molar-refractivity contribution in [3.8, 4) is 0 Å². The molecule has 0 radical (unpaired) electrons. The minimum atomic E-state index is 0.994. The third-order valence-corrected chi connectivity index (χ3v) is 10.3. The SMILES string of the molecule is C1=CCCCCCCN2CCCC(CCCCCCCCCCCCCN3CCCC(CCCCCC1)C3)C2. The monoisotopic (exact) mass is 543 g/mol. The summed E-state index contributed by atoms with van der Waals surface area (Å²) in [7, 11) is 0. The van der Waals surface area contributed by atoms with Crippen LogP contribution in [-0.2, 0) is 0 Å². The maximum absolute atomic E-state index is 2.81. The molecule has 0 N–H and O–H groups in total. The molecule has 2 nitrogen and oxygen atoms in total. The molecule has 4 bridgehead atoms. The normalized spacial score (nSPS) is 32.2. The van der Waals surface area contributed by atoms with Crippen LogP contribution in [0.3, 0.4) is 0 Å². The van der Waals surface area contributed by atoms with Crippen molar-refractivity contribution in [2.75, 3.05) is 39.3 Å². The minimum Gasteiger partial charge on any atom is -0.303 e. The van der Waals surface area contributed by atoms with Crippen LogP contribution in [0.1, 0.15) is 173 Å². The molecule has 228 valence electrons. The van der Waals surface area contributed by atoms with Crippen LogP contribution in [0.2, 0.25) is 0 Å². The number of fused-ring (bicyclic) bond motifs is 4. The lowest BCUT2D eigenvalue weighted by Gasteiger charge is -2.32. The molecule has 0 aromatic rings. The summed E-state index contributed by atoms with van der Waals surface area (Å²) in [5.74, 6) is 1.99. The molecule has 3 aliphatic rings. The van der Waals surface area contributed by atoms with Crippen LogP contribution < -0.4 is 0 Å². The molecule has 2 fully saturated rings. The lowest BCUT2D eigenvalue weighted by molar-refractivity contribution is 0.163. The second-order valence-corrected chi connectivity index (χ2v) is 14.0. The Balaban J connectivity index is 1.28. The zero-order valence-electron chi connectivity index (χ0n) is 26.5. The molecule has 0 aromatic carbocycles. The van der Waals surface area contributed by atoms with Crippen LogP contribution in [-0.4, -0.2) is 49.1 Å². The number of allylic oxidation sites excluding steroid dienone is 2. The van der Waals surface area contributed by atoms with Crippen molar-refractivity contribution in [3.05, 3.63) is 12.2 Å². The summed E-state index contributed by atoms with van der Waals surface area (Å²) in [5.41, 5.74) is 0. The fourth-order valence-electron chi connectivity index (χ4n) is 7.78. The first-order valence-corrected chi connectivity index (χ1v) is 18.5. The Morgan fingerprint density at radius 2 is 0.615 bits per heavy atom. The third kappa shape index (κ3) is 17.3. The van der Waals surface area contributed by atoms with E-state index in [-0.39, 0.29) is 0 Å². The zero-order valence-corrected chi connectivity index (χ0v) is 26.5. The van der Waals surface area contributed by atoms with Crippen LogP contribution in [0.5, 0.6) is 0 Å². The first-order valence-electron chi connectivity index (χ1n) is 18.5. The van der Waals surface area contributed by atoms with Crippen LogP contribution in [0.25, 0.3) is 0 Å². The van der Waals surface area contributed by atoms with Gasteiger partial charge in [0.05, 0.1) is 0 Å². The van der Waals surface area contributed by atoms with E-state index in [1.54, 1.807) is 0 Å². The van der Waals surface area contributed by atoms with Gasteiger partial charge >= 0.3 is 0 Å². The van der Waals surface area contributed by atoms with Gasteiger partial charge in [-0.25, -0.2) is 0 Å². The molecule has 0 spiro atoms. The average molecular weight is 543 g/mol. The Morgan fingerprint density at radius 3 is 1.05 bits per heavy atom. The standard InChI is InChI=1S/C37H70N2/c1-2-6-10-14-18-22-30-38-32-25-29-37(35-38)27-21-17-13-9-5-3-7-11-15-19-23-31-39-33-24-28-36(34-39)26-20-16-12-8-4-1/h1-2,36-37H,3-35H2. The van der Waals surface area contributed by atoms with Crippen LogP contribution in [0.4, 0.5) is 0 Å². The Morgan fingerprint density at radius 1 is 0.308 bits per heavy atom. The third-order valence-electron chi connectivity index (χ3n) is 10.3. The van der Waals surface area contributed by atoms with E-state index in [1.807, 2.05) is 0 Å². The molecule has 0 aliphatic carbocycles. The maximum Gasteiger partial charge on any atom is 0.000966 e. The highest BCUT2D eigenvalue weighted by Gasteiger charge is 2.20. The van der Waals surface area contributed by atoms with Crippen molar-refractivity contribution < 1.29 is 0 Å². The average Bonchev–Trinajstić information content (AvgIpc) is 2.95. The number of nitrogens with zero attached hydrogens (tertiary/aromatic N) is 2. The molecule has 2 saturated heterocycles. The van der Waals surface area contributed by atoms with Gasteiger partial charge in [-0.3, -0.25) is 0 Å². The number of hydrogen-bond donors (Lipinski definition) is 0. The predicted octanol–water partition coefficient (Wildman–Crippen LogP) is 11.0. The van der Waals surface area contributed by atoms with E-state index in [0.29, 0.717) is 0 Å². The van der Waals surface area contributed by atoms with Crippen LogP contribution in [0, 0.1) is 11.8 Å². The van der Waals surface area contributed by atoms with E-state index < -0.39 is 0 Å². The fourth-order valence-corrected chi connectivity index (χ4v) is 7.78. The maximum atomic E-state index is 2.81. The molecule has 0 saturated carbocycles. The summed E-state index contributed by atoms with van der Waals surface area (Å²) < 4.78 is 0. The van der Waals surface area contributed by atoms with Crippen molar-refractivity contribution in [1.29, 1.82) is 0 Å². The molecule has 3 rings (SSSR count). The van der Waals surface area contributed by atoms with Gasteiger partial charge in [0, 0.05) is 13.1 Å². The highest BCUT2D eigenvalue weighted by molar-refractivity contribution is 4.81. The summed E-state index contributed by atoms with van der Waals surface area (Å²) in [6, 6.07) is 0. The molecule has 3 heterocycles. The summed E-state index contributed by atoms with van der Waals surface area (Å²) in [6.07, 6.45) is 44.3. The Kier molecular flexibility index (Phi) is 19.8. The van der Waals surface area contributed by atoms with E-state index in [0.717, 1.165) is 11.8 Å². The van der Waals surface area contributed by atoms with Gasteiger partial charge in [0.15, 0.2) is 0 Å². The molecule has 0 amide bonds. The molecule has 4 atom stereocenters. The van der Waals surface area contributed by atoms with Crippen molar-refractivity contribution in [1.82, 2.24) is 9.80 Å². The molecule has 3 aliphatic heterocycles. The van der Waals surface area contributed by atoms with Gasteiger partial charge in [-0.05, 0) is 115 Å². The summed E-state index contributed by atoms with van der Waals surface area (Å²) in [5, 5.41) is 0. The van der Waals surface area contributed by atoms with E-state index >= 15 is 0 Å². The first kappa shape index (κ1) is 33.2. The molecule has 0 aromatic heterocycles. The topological polar surface area (TPSA) is 6.48 Å². The Hall–Kier alpha value is -0.340. The minimum absolute atomic E-state index is 0.994. The van der Waals surface area contributed by atoms with E-state index in [1.165, 1.54) is 213 Å². The largest absolute Gasteiger partial charge is 0.303 e. The number of piperidine rings is 2. The number of hydrogen-bond acceptors (Lipinski definition) is 2. The Labute approximate surface area is 246 Å². The molecule has 4 unspecified atom stereocenters. The van der Waals surface area contributed by atoms with Crippen molar-refractivity contribution in [2.24, 2.45) is 11.8 Å². The smallest absolute Gasteiger partial charge is 0.000966 e. The summed E-state index contributed by atoms with van der Waals surface area (Å²) in [4.78, 5) is 5.62. The van der Waals surface area contributed by atoms with Gasteiger partial charge in [-0.1, -0.05) is 108 Å². The van der Waals surface area contributed by atoms with Gasteiger partial charge < -0.3 is 9.80 Å². The van der Waals surface area contributed by atoms with Gasteiger partial charge in [-0.15, -0.1) is 0 Å². The second-order valence-electron chi connectivity index (χ2n) is 14.0. The van der Waals surface area contributed by atoms with Crippen molar-refractivity contribution in [2.45, 2.75) is 173 Å². The van der Waals surface area contributed by atoms with E-state index in [4.69, 9.17) is 0 Å². The highest BCUT2D eigenvalue weighted by Crippen LogP contribution is 2.24. The lowest BCUT2D eigenvalue weighted by Crippen LogP contribution is -2.36. The zero-order chi connectivity index (χ0) is 27.1. The Bertz CT molecular complexity index is 524. The highest BCUT2D eigenvalue weighted by atomic mass is 15.1. The van der Waals surface area contributed by atoms with Crippen LogP contribution >= 0.6 is 0 Å². The van der Waals surface area contributed by atoms with Gasteiger partial charge in [0.1, 0.15) is 0 Å².